The van der Waals surface area contributed by atoms with E-state index in [1.165, 1.54) is 0 Å². The second-order valence-electron chi connectivity index (χ2n) is 8.06. The molecule has 0 amide bonds. The molecule has 0 aliphatic heterocycles. The Bertz CT molecular complexity index is 1420. The molecule has 0 N–H and O–H groups in total. The molecule has 5 aromatic rings. The van der Waals surface area contributed by atoms with E-state index in [-0.39, 0.29) is 0 Å². The minimum absolute atomic E-state index is 0.638. The van der Waals surface area contributed by atoms with Crippen molar-refractivity contribution in [3.8, 4) is 34.0 Å². The highest BCUT2D eigenvalue weighted by Crippen LogP contribution is 2.36. The highest BCUT2D eigenvalue weighted by Gasteiger charge is 2.18. The summed E-state index contributed by atoms with van der Waals surface area (Å²) in [5.74, 6) is 0.857. The van der Waals surface area contributed by atoms with Crippen molar-refractivity contribution in [1.82, 2.24) is 4.57 Å². The third-order valence-corrected chi connectivity index (χ3v) is 5.98. The van der Waals surface area contributed by atoms with Gasteiger partial charge in [-0.25, -0.2) is 0 Å². The summed E-state index contributed by atoms with van der Waals surface area (Å²) in [7, 11) is 0. The maximum atomic E-state index is 6.06. The Hall–Kier alpha value is -4.08. The molecule has 0 aliphatic rings. The molecule has 5 rings (SSSR count). The maximum absolute atomic E-state index is 6.06. The standard InChI is InChI=1S/C31H25ClN2O/c1-2-35-29-19-17-28(18-20-29)34-30(23-9-5-3-6-10-23)21-25(31(34)24-11-7-4-8-12-24)22-33-27-15-13-26(32)14-16-27/h3-22H,2H2,1H3. The average Bonchev–Trinajstić information content (AvgIpc) is 3.29. The van der Waals surface area contributed by atoms with Gasteiger partial charge in [0.1, 0.15) is 5.75 Å². The van der Waals surface area contributed by atoms with E-state index >= 15 is 0 Å². The molecular formula is C31H25ClN2O. The first-order chi connectivity index (χ1) is 17.2. The Morgan fingerprint density at radius 3 is 2.03 bits per heavy atom. The Morgan fingerprint density at radius 1 is 0.771 bits per heavy atom. The summed E-state index contributed by atoms with van der Waals surface area (Å²) in [6.07, 6.45) is 1.93. The Kier molecular flexibility index (Phi) is 6.78. The fourth-order valence-corrected chi connectivity index (χ4v) is 4.26. The van der Waals surface area contributed by atoms with Crippen molar-refractivity contribution in [1.29, 1.82) is 0 Å². The summed E-state index contributed by atoms with van der Waals surface area (Å²) in [5.41, 5.74) is 7.34. The summed E-state index contributed by atoms with van der Waals surface area (Å²) in [4.78, 5) is 4.77. The normalized spacial score (nSPS) is 11.1. The Labute approximate surface area is 210 Å². The molecule has 0 bridgehead atoms. The van der Waals surface area contributed by atoms with Crippen LogP contribution in [0.15, 0.2) is 120 Å². The Balaban J connectivity index is 1.73. The van der Waals surface area contributed by atoms with Gasteiger partial charge in [0.2, 0.25) is 0 Å². The minimum Gasteiger partial charge on any atom is -0.494 e. The van der Waals surface area contributed by atoms with Crippen molar-refractivity contribution in [2.75, 3.05) is 6.61 Å². The van der Waals surface area contributed by atoms with E-state index in [4.69, 9.17) is 21.3 Å². The van der Waals surface area contributed by atoms with Gasteiger partial charge in [-0.2, -0.15) is 0 Å². The van der Waals surface area contributed by atoms with Crippen molar-refractivity contribution in [3.05, 3.63) is 126 Å². The van der Waals surface area contributed by atoms with Crippen molar-refractivity contribution in [2.24, 2.45) is 4.99 Å². The molecule has 0 radical (unpaired) electrons. The van der Waals surface area contributed by atoms with Crippen LogP contribution >= 0.6 is 11.6 Å². The Morgan fingerprint density at radius 2 is 1.40 bits per heavy atom. The van der Waals surface area contributed by atoms with Gasteiger partial charge in [-0.1, -0.05) is 72.3 Å². The molecule has 0 saturated carbocycles. The lowest BCUT2D eigenvalue weighted by molar-refractivity contribution is 0.340. The first-order valence-electron chi connectivity index (χ1n) is 11.6. The molecule has 3 nitrogen and oxygen atoms in total. The topological polar surface area (TPSA) is 26.5 Å². The highest BCUT2D eigenvalue weighted by molar-refractivity contribution is 6.30. The van der Waals surface area contributed by atoms with Gasteiger partial charge in [-0.15, -0.1) is 0 Å². The van der Waals surface area contributed by atoms with E-state index in [2.05, 4.69) is 71.3 Å². The number of hydrogen-bond acceptors (Lipinski definition) is 2. The number of halogens is 1. The van der Waals surface area contributed by atoms with Crippen LogP contribution in [0, 0.1) is 0 Å². The van der Waals surface area contributed by atoms with Gasteiger partial charge in [0.05, 0.1) is 23.7 Å². The summed E-state index contributed by atoms with van der Waals surface area (Å²) >= 11 is 6.06. The number of aromatic nitrogens is 1. The van der Waals surface area contributed by atoms with E-state index in [1.807, 2.05) is 61.7 Å². The number of aliphatic imine (C=N–C) groups is 1. The molecule has 0 fully saturated rings. The lowest BCUT2D eigenvalue weighted by atomic mass is 10.1. The quantitative estimate of drug-likeness (QED) is 0.216. The van der Waals surface area contributed by atoms with Crippen LogP contribution in [0.5, 0.6) is 5.75 Å². The van der Waals surface area contributed by atoms with Crippen LogP contribution in [0.2, 0.25) is 5.02 Å². The van der Waals surface area contributed by atoms with Gasteiger partial charge in [0.15, 0.2) is 0 Å². The van der Waals surface area contributed by atoms with E-state index in [9.17, 15) is 0 Å². The summed E-state index contributed by atoms with van der Waals surface area (Å²) < 4.78 is 7.98. The molecular weight excluding hydrogens is 452 g/mol. The van der Waals surface area contributed by atoms with Crippen molar-refractivity contribution >= 4 is 23.5 Å². The molecule has 4 heteroatoms. The van der Waals surface area contributed by atoms with Crippen LogP contribution in [-0.2, 0) is 0 Å². The fourth-order valence-electron chi connectivity index (χ4n) is 4.14. The third kappa shape index (κ3) is 5.06. The fraction of sp³-hybridized carbons (Fsp3) is 0.0645. The van der Waals surface area contributed by atoms with Crippen LogP contribution in [0.3, 0.4) is 0 Å². The van der Waals surface area contributed by atoms with Gasteiger partial charge in [0, 0.05) is 22.5 Å². The van der Waals surface area contributed by atoms with E-state index in [0.29, 0.717) is 11.6 Å². The van der Waals surface area contributed by atoms with Crippen molar-refractivity contribution < 1.29 is 4.74 Å². The third-order valence-electron chi connectivity index (χ3n) is 5.73. The van der Waals surface area contributed by atoms with Crippen LogP contribution in [-0.4, -0.2) is 17.4 Å². The zero-order valence-corrected chi connectivity index (χ0v) is 20.2. The number of hydrogen-bond donors (Lipinski definition) is 0. The van der Waals surface area contributed by atoms with E-state index in [0.717, 1.165) is 45.2 Å². The lowest BCUT2D eigenvalue weighted by Gasteiger charge is -2.15. The van der Waals surface area contributed by atoms with Gasteiger partial charge < -0.3 is 9.30 Å². The predicted octanol–water partition coefficient (Wildman–Crippen LogP) is 8.61. The van der Waals surface area contributed by atoms with Gasteiger partial charge in [-0.3, -0.25) is 4.99 Å². The molecule has 0 aliphatic carbocycles. The second kappa shape index (κ2) is 10.5. The smallest absolute Gasteiger partial charge is 0.119 e. The number of ether oxygens (including phenoxy) is 1. The van der Waals surface area contributed by atoms with Crippen LogP contribution in [0.25, 0.3) is 28.2 Å². The molecule has 0 spiro atoms. The molecule has 1 aromatic heterocycles. The monoisotopic (exact) mass is 476 g/mol. The molecule has 0 unspecified atom stereocenters. The van der Waals surface area contributed by atoms with Crippen molar-refractivity contribution in [3.63, 3.8) is 0 Å². The predicted molar refractivity (Wildman–Crippen MR) is 147 cm³/mol. The van der Waals surface area contributed by atoms with Gasteiger partial charge in [-0.05, 0) is 72.6 Å². The summed E-state index contributed by atoms with van der Waals surface area (Å²) in [5, 5.41) is 0.696. The van der Waals surface area contributed by atoms with Gasteiger partial charge in [0.25, 0.3) is 0 Å². The first-order valence-corrected chi connectivity index (χ1v) is 12.0. The summed E-state index contributed by atoms with van der Waals surface area (Å²) in [6, 6.07) is 38.8. The average molecular weight is 477 g/mol. The van der Waals surface area contributed by atoms with E-state index < -0.39 is 0 Å². The van der Waals surface area contributed by atoms with E-state index in [1.54, 1.807) is 0 Å². The lowest BCUT2D eigenvalue weighted by Crippen LogP contribution is -2.01. The molecule has 4 aromatic carbocycles. The molecule has 0 atom stereocenters. The first kappa shape index (κ1) is 22.7. The molecule has 0 saturated heterocycles. The van der Waals surface area contributed by atoms with Crippen LogP contribution < -0.4 is 4.74 Å². The maximum Gasteiger partial charge on any atom is 0.119 e. The SMILES string of the molecule is CCOc1ccc(-n2c(-c3ccccc3)cc(C=Nc3ccc(Cl)cc3)c2-c2ccccc2)cc1. The highest BCUT2D eigenvalue weighted by atomic mass is 35.5. The summed E-state index contributed by atoms with van der Waals surface area (Å²) in [6.45, 7) is 2.63. The minimum atomic E-state index is 0.638. The number of rotatable bonds is 7. The molecule has 1 heterocycles. The van der Waals surface area contributed by atoms with Crippen molar-refractivity contribution in [2.45, 2.75) is 6.92 Å². The second-order valence-corrected chi connectivity index (χ2v) is 8.50. The molecule has 35 heavy (non-hydrogen) atoms. The van der Waals surface area contributed by atoms with Gasteiger partial charge >= 0.3 is 0 Å². The molecule has 172 valence electrons. The number of nitrogens with zero attached hydrogens (tertiary/aromatic N) is 2. The zero-order valence-electron chi connectivity index (χ0n) is 19.4. The van der Waals surface area contributed by atoms with Crippen LogP contribution in [0.4, 0.5) is 5.69 Å². The van der Waals surface area contributed by atoms with Crippen LogP contribution in [0.1, 0.15) is 12.5 Å². The number of benzene rings is 4. The largest absolute Gasteiger partial charge is 0.494 e. The zero-order chi connectivity index (χ0) is 24.0.